The van der Waals surface area contributed by atoms with E-state index in [-0.39, 0.29) is 5.56 Å². The zero-order valence-electron chi connectivity index (χ0n) is 15.1. The van der Waals surface area contributed by atoms with Crippen molar-refractivity contribution in [3.05, 3.63) is 64.7 Å². The van der Waals surface area contributed by atoms with Gasteiger partial charge >= 0.3 is 6.18 Å². The number of nitrogens with zero attached hydrogens (tertiary/aromatic N) is 2. The molecule has 8 heteroatoms. The minimum Gasteiger partial charge on any atom is -0.478 e. The molecule has 0 heterocycles. The smallest absolute Gasteiger partial charge is 0.422 e. The van der Waals surface area contributed by atoms with E-state index in [1.807, 2.05) is 24.3 Å². The van der Waals surface area contributed by atoms with Crippen molar-refractivity contribution in [2.75, 3.05) is 6.61 Å². The second kappa shape index (κ2) is 9.96. The number of hydrogen-bond acceptors (Lipinski definition) is 3. The van der Waals surface area contributed by atoms with Crippen LogP contribution >= 0.6 is 0 Å². The predicted molar refractivity (Wildman–Crippen MR) is 98.2 cm³/mol. The third-order valence-corrected chi connectivity index (χ3v) is 3.68. The molecule has 0 N–H and O–H groups in total. The molecule has 150 valence electrons. The zero-order chi connectivity index (χ0) is 20.6. The van der Waals surface area contributed by atoms with Crippen molar-refractivity contribution in [3.63, 3.8) is 0 Å². The van der Waals surface area contributed by atoms with Crippen molar-refractivity contribution in [2.45, 2.75) is 32.4 Å². The number of alkyl halides is 3. The summed E-state index contributed by atoms with van der Waals surface area (Å²) in [4.78, 5) is 0. The Morgan fingerprint density at radius 1 is 0.929 bits per heavy atom. The van der Waals surface area contributed by atoms with Crippen LogP contribution in [0.2, 0.25) is 0 Å². The normalized spacial score (nSPS) is 12.2. The molecule has 0 atom stereocenters. The number of unbranched alkanes of at least 4 members (excludes halogenated alkanes) is 1. The maximum Gasteiger partial charge on any atom is 0.422 e. The summed E-state index contributed by atoms with van der Waals surface area (Å²) in [6, 6.07) is 9.38. The largest absolute Gasteiger partial charge is 0.478 e. The summed E-state index contributed by atoms with van der Waals surface area (Å²) in [7, 11) is 0. The van der Waals surface area contributed by atoms with Gasteiger partial charge in [-0.2, -0.15) is 23.4 Å². The molecule has 0 saturated carbocycles. The summed E-state index contributed by atoms with van der Waals surface area (Å²) in [6.45, 7) is 0.343. The second-order valence-corrected chi connectivity index (χ2v) is 6.05. The molecular formula is C20H19F5N2O. The molecule has 3 nitrogen and oxygen atoms in total. The molecule has 0 aliphatic carbocycles. The molecule has 0 spiro atoms. The molecule has 2 rings (SSSR count). The third kappa shape index (κ3) is 7.09. The number of rotatable bonds is 8. The minimum atomic E-state index is -4.69. The summed E-state index contributed by atoms with van der Waals surface area (Å²) in [5.41, 5.74) is 2.04. The van der Waals surface area contributed by atoms with Gasteiger partial charge in [-0.15, -0.1) is 0 Å². The van der Waals surface area contributed by atoms with Crippen LogP contribution in [0.15, 0.2) is 46.6 Å². The van der Waals surface area contributed by atoms with E-state index in [0.717, 1.165) is 43.2 Å². The Kier molecular flexibility index (Phi) is 7.66. The summed E-state index contributed by atoms with van der Waals surface area (Å²) in [6.07, 6.45) is 1.12. The van der Waals surface area contributed by atoms with Gasteiger partial charge in [-0.05, 0) is 36.1 Å². The van der Waals surface area contributed by atoms with Crippen molar-refractivity contribution in [3.8, 4) is 5.75 Å². The summed E-state index contributed by atoms with van der Waals surface area (Å²) in [5.74, 6) is -3.59. The topological polar surface area (TPSA) is 34.0 Å². The van der Waals surface area contributed by atoms with E-state index in [0.29, 0.717) is 0 Å². The first-order chi connectivity index (χ1) is 13.3. The van der Waals surface area contributed by atoms with Gasteiger partial charge in [-0.1, -0.05) is 37.6 Å². The molecule has 0 saturated heterocycles. The zero-order valence-corrected chi connectivity index (χ0v) is 15.1. The van der Waals surface area contributed by atoms with Gasteiger partial charge in [-0.25, -0.2) is 8.78 Å². The van der Waals surface area contributed by atoms with Gasteiger partial charge in [0.15, 0.2) is 24.0 Å². The van der Waals surface area contributed by atoms with Crippen molar-refractivity contribution in [1.29, 1.82) is 0 Å². The Labute approximate surface area is 159 Å². The molecule has 2 aromatic carbocycles. The number of benzene rings is 2. The Bertz CT molecular complexity index is 806. The Morgan fingerprint density at radius 3 is 2.04 bits per heavy atom. The van der Waals surface area contributed by atoms with Crippen LogP contribution < -0.4 is 4.74 Å². The predicted octanol–water partition coefficient (Wildman–Crippen LogP) is 5.70. The number of halogens is 5. The van der Waals surface area contributed by atoms with E-state index in [9.17, 15) is 22.0 Å². The van der Waals surface area contributed by atoms with Gasteiger partial charge in [-0.3, -0.25) is 0 Å². The fourth-order valence-corrected chi connectivity index (χ4v) is 2.30. The van der Waals surface area contributed by atoms with Crippen LogP contribution in [0.1, 0.15) is 36.5 Å². The summed E-state index contributed by atoms with van der Waals surface area (Å²) in [5, 5.41) is 7.49. The maximum absolute atomic E-state index is 13.8. The van der Waals surface area contributed by atoms with E-state index < -0.39 is 30.2 Å². The van der Waals surface area contributed by atoms with Crippen LogP contribution in [0.3, 0.4) is 0 Å². The van der Waals surface area contributed by atoms with E-state index in [2.05, 4.69) is 21.9 Å². The average Bonchev–Trinajstić information content (AvgIpc) is 2.63. The van der Waals surface area contributed by atoms with Gasteiger partial charge in [0.1, 0.15) is 0 Å². The van der Waals surface area contributed by atoms with E-state index in [1.54, 1.807) is 0 Å². The van der Waals surface area contributed by atoms with Crippen molar-refractivity contribution >= 4 is 12.4 Å². The van der Waals surface area contributed by atoms with Gasteiger partial charge in [0.2, 0.25) is 0 Å². The van der Waals surface area contributed by atoms with E-state index in [1.165, 1.54) is 11.8 Å². The van der Waals surface area contributed by atoms with Crippen LogP contribution in [0.25, 0.3) is 0 Å². The first-order valence-electron chi connectivity index (χ1n) is 8.62. The molecule has 0 aliphatic heterocycles. The van der Waals surface area contributed by atoms with Crippen molar-refractivity contribution in [2.24, 2.45) is 10.2 Å². The number of hydrogen-bond donors (Lipinski definition) is 0. The van der Waals surface area contributed by atoms with Crippen LogP contribution in [-0.4, -0.2) is 25.2 Å². The molecule has 0 aliphatic rings. The van der Waals surface area contributed by atoms with Crippen LogP contribution in [0.4, 0.5) is 22.0 Å². The van der Waals surface area contributed by atoms with Gasteiger partial charge in [0.25, 0.3) is 0 Å². The number of ether oxygens (including phenoxy) is 1. The molecule has 0 bridgehead atoms. The molecular weight excluding hydrogens is 379 g/mol. The van der Waals surface area contributed by atoms with Crippen molar-refractivity contribution in [1.82, 2.24) is 0 Å². The van der Waals surface area contributed by atoms with Crippen LogP contribution in [0.5, 0.6) is 5.75 Å². The first-order valence-corrected chi connectivity index (χ1v) is 8.62. The standard InChI is InChI=1S/C20H19F5N2O/c1-2-3-4-14-5-7-15(8-6-14)11-26-27-12-16-9-17(21)19(18(22)10-16)28-13-20(23,24)25/h5-12H,2-4,13H2,1H3. The lowest BCUT2D eigenvalue weighted by atomic mass is 10.1. The average molecular weight is 398 g/mol. The molecule has 0 unspecified atom stereocenters. The van der Waals surface area contributed by atoms with Gasteiger partial charge < -0.3 is 4.74 Å². The number of aryl methyl sites for hydroxylation is 1. The fraction of sp³-hybridized carbons (Fsp3) is 0.300. The molecule has 2 aromatic rings. The second-order valence-electron chi connectivity index (χ2n) is 6.05. The lowest BCUT2D eigenvalue weighted by Gasteiger charge is -2.10. The van der Waals surface area contributed by atoms with Crippen LogP contribution in [0, 0.1) is 11.6 Å². The summed E-state index contributed by atoms with van der Waals surface area (Å²) >= 11 is 0. The molecule has 0 radical (unpaired) electrons. The van der Waals surface area contributed by atoms with E-state index in [4.69, 9.17) is 0 Å². The highest BCUT2D eigenvalue weighted by atomic mass is 19.4. The lowest BCUT2D eigenvalue weighted by molar-refractivity contribution is -0.154. The SMILES string of the molecule is CCCCc1ccc(C=NN=Cc2cc(F)c(OCC(F)(F)F)c(F)c2)cc1. The highest BCUT2D eigenvalue weighted by Crippen LogP contribution is 2.25. The molecule has 0 amide bonds. The van der Waals surface area contributed by atoms with Crippen LogP contribution in [-0.2, 0) is 6.42 Å². The Morgan fingerprint density at radius 2 is 1.50 bits per heavy atom. The maximum atomic E-state index is 13.8. The quantitative estimate of drug-likeness (QED) is 0.319. The third-order valence-electron chi connectivity index (χ3n) is 3.68. The first kappa shape index (κ1) is 21.5. The summed E-state index contributed by atoms with van der Waals surface area (Å²) < 4.78 is 68.0. The highest BCUT2D eigenvalue weighted by Gasteiger charge is 2.29. The van der Waals surface area contributed by atoms with Gasteiger partial charge in [0, 0.05) is 5.56 Å². The lowest BCUT2D eigenvalue weighted by Crippen LogP contribution is -2.20. The monoisotopic (exact) mass is 398 g/mol. The van der Waals surface area contributed by atoms with E-state index >= 15 is 0 Å². The molecule has 0 aromatic heterocycles. The fourth-order valence-electron chi connectivity index (χ4n) is 2.30. The molecule has 28 heavy (non-hydrogen) atoms. The highest BCUT2D eigenvalue weighted by molar-refractivity contribution is 5.82. The van der Waals surface area contributed by atoms with Crippen molar-refractivity contribution < 1.29 is 26.7 Å². The molecule has 0 fully saturated rings. The Hall–Kier alpha value is -2.77. The Balaban J connectivity index is 1.99. The minimum absolute atomic E-state index is 0.00132. The van der Waals surface area contributed by atoms with Gasteiger partial charge in [0.05, 0.1) is 12.4 Å².